The van der Waals surface area contributed by atoms with Gasteiger partial charge >= 0.3 is 5.97 Å². The molecule has 9 heteroatoms. The van der Waals surface area contributed by atoms with Crippen LogP contribution in [0.15, 0.2) is 17.1 Å². The van der Waals surface area contributed by atoms with E-state index in [0.29, 0.717) is 0 Å². The Hall–Kier alpha value is -2.71. The second-order valence-corrected chi connectivity index (χ2v) is 3.80. The van der Waals surface area contributed by atoms with Crippen molar-refractivity contribution in [1.82, 2.24) is 10.3 Å². The molecule has 9 nitrogen and oxygen atoms in total. The average Bonchev–Trinajstić information content (AvgIpc) is 2.38. The van der Waals surface area contributed by atoms with Crippen molar-refractivity contribution in [3.63, 3.8) is 0 Å². The van der Waals surface area contributed by atoms with Gasteiger partial charge in [0.2, 0.25) is 0 Å². The molecule has 2 N–H and O–H groups in total. The molecule has 20 heavy (non-hydrogen) atoms. The third kappa shape index (κ3) is 3.64. The smallest absolute Gasteiger partial charge is 0.328 e. The van der Waals surface area contributed by atoms with Crippen molar-refractivity contribution in [3.05, 3.63) is 38.3 Å². The Morgan fingerprint density at radius 2 is 2.20 bits per heavy atom. The maximum atomic E-state index is 11.8. The molecule has 1 unspecified atom stereocenters. The predicted molar refractivity (Wildman–Crippen MR) is 67.3 cm³/mol. The number of esters is 1. The van der Waals surface area contributed by atoms with Crippen molar-refractivity contribution in [3.8, 4) is 0 Å². The lowest BCUT2D eigenvalue weighted by Gasteiger charge is -2.11. The molecule has 1 rings (SSSR count). The molecule has 0 saturated heterocycles. The maximum absolute atomic E-state index is 11.8. The quantitative estimate of drug-likeness (QED) is 0.443. The van der Waals surface area contributed by atoms with Crippen LogP contribution in [0.2, 0.25) is 0 Å². The van der Waals surface area contributed by atoms with Gasteiger partial charge in [-0.3, -0.25) is 19.7 Å². The van der Waals surface area contributed by atoms with Gasteiger partial charge in [0.05, 0.1) is 17.7 Å². The summed E-state index contributed by atoms with van der Waals surface area (Å²) in [6.07, 6.45) is 0.883. The number of carbonyl (C=O) groups is 2. The number of rotatable bonds is 5. The fourth-order valence-corrected chi connectivity index (χ4v) is 1.35. The number of nitro groups is 1. The summed E-state index contributed by atoms with van der Waals surface area (Å²) in [7, 11) is 0. The van der Waals surface area contributed by atoms with E-state index in [1.165, 1.54) is 6.92 Å². The summed E-state index contributed by atoms with van der Waals surface area (Å²) in [4.78, 5) is 46.5. The number of carbonyl (C=O) groups excluding carboxylic acids is 2. The highest BCUT2D eigenvalue weighted by atomic mass is 16.6. The van der Waals surface area contributed by atoms with Gasteiger partial charge in [0.1, 0.15) is 11.6 Å². The molecular weight excluding hydrogens is 270 g/mol. The molecule has 0 bridgehead atoms. The summed E-state index contributed by atoms with van der Waals surface area (Å²) in [5.41, 5.74) is -1.67. The van der Waals surface area contributed by atoms with Crippen molar-refractivity contribution in [2.45, 2.75) is 19.9 Å². The van der Waals surface area contributed by atoms with Crippen LogP contribution in [0.1, 0.15) is 24.2 Å². The van der Waals surface area contributed by atoms with Gasteiger partial charge in [-0.05, 0) is 13.8 Å². The minimum atomic E-state index is -0.971. The third-order valence-corrected chi connectivity index (χ3v) is 2.33. The van der Waals surface area contributed by atoms with Crippen molar-refractivity contribution in [1.29, 1.82) is 0 Å². The first-order valence-electron chi connectivity index (χ1n) is 5.71. The molecule has 1 atom stereocenters. The molecule has 1 amide bonds. The highest BCUT2D eigenvalue weighted by Gasteiger charge is 2.21. The van der Waals surface area contributed by atoms with Crippen LogP contribution < -0.4 is 10.9 Å². The molecule has 0 radical (unpaired) electrons. The van der Waals surface area contributed by atoms with E-state index in [0.717, 1.165) is 12.3 Å². The van der Waals surface area contributed by atoms with Gasteiger partial charge in [0, 0.05) is 6.07 Å². The number of nitrogens with one attached hydrogen (secondary N) is 2. The number of hydrogen-bond donors (Lipinski definition) is 2. The van der Waals surface area contributed by atoms with Gasteiger partial charge in [-0.2, -0.15) is 0 Å². The van der Waals surface area contributed by atoms with E-state index in [9.17, 15) is 24.5 Å². The van der Waals surface area contributed by atoms with Crippen LogP contribution in [0.4, 0.5) is 5.69 Å². The predicted octanol–water partition coefficient (Wildman–Crippen LogP) is -0.0355. The summed E-state index contributed by atoms with van der Waals surface area (Å²) >= 11 is 0. The number of H-pyrrole nitrogens is 1. The highest BCUT2D eigenvalue weighted by molar-refractivity contribution is 5.96. The lowest BCUT2D eigenvalue weighted by molar-refractivity contribution is -0.385. The Kier molecular flexibility index (Phi) is 4.95. The molecule has 108 valence electrons. The Morgan fingerprint density at radius 1 is 1.55 bits per heavy atom. The molecule has 1 heterocycles. The molecule has 0 aliphatic heterocycles. The first-order chi connectivity index (χ1) is 9.36. The van der Waals surface area contributed by atoms with Gasteiger partial charge in [-0.15, -0.1) is 0 Å². The molecule has 0 aromatic carbocycles. The molecule has 0 fully saturated rings. The zero-order chi connectivity index (χ0) is 15.3. The number of nitrogens with zero attached hydrogens (tertiary/aromatic N) is 1. The summed E-state index contributed by atoms with van der Waals surface area (Å²) in [5.74, 6) is -1.56. The van der Waals surface area contributed by atoms with Gasteiger partial charge < -0.3 is 15.0 Å². The van der Waals surface area contributed by atoms with Gasteiger partial charge in [0.25, 0.3) is 17.2 Å². The van der Waals surface area contributed by atoms with Crippen molar-refractivity contribution in [2.75, 3.05) is 6.61 Å². The van der Waals surface area contributed by atoms with E-state index >= 15 is 0 Å². The number of amides is 1. The largest absolute Gasteiger partial charge is 0.464 e. The topological polar surface area (TPSA) is 131 Å². The third-order valence-electron chi connectivity index (χ3n) is 2.33. The van der Waals surface area contributed by atoms with Gasteiger partial charge in [-0.25, -0.2) is 4.79 Å². The van der Waals surface area contributed by atoms with Crippen LogP contribution in [-0.2, 0) is 9.53 Å². The van der Waals surface area contributed by atoms with Crippen LogP contribution in [0, 0.1) is 10.1 Å². The molecule has 0 saturated carbocycles. The zero-order valence-electron chi connectivity index (χ0n) is 10.8. The Labute approximate surface area is 113 Å². The second kappa shape index (κ2) is 6.45. The minimum Gasteiger partial charge on any atom is -0.464 e. The van der Waals surface area contributed by atoms with E-state index in [4.69, 9.17) is 0 Å². The molecule has 0 aliphatic rings. The van der Waals surface area contributed by atoms with Crippen molar-refractivity contribution >= 4 is 17.6 Å². The van der Waals surface area contributed by atoms with E-state index in [1.807, 2.05) is 0 Å². The molecule has 1 aromatic heterocycles. The normalized spacial score (nSPS) is 11.5. The Morgan fingerprint density at radius 3 is 2.75 bits per heavy atom. The standard InChI is InChI=1S/C11H13N3O6/c1-3-20-11(17)6(2)13-10(16)8-4-7(14(18)19)5-12-9(8)15/h4-6H,3H2,1-2H3,(H,12,15)(H,13,16). The van der Waals surface area contributed by atoms with Gasteiger partial charge in [-0.1, -0.05) is 0 Å². The van der Waals surface area contributed by atoms with Crippen molar-refractivity contribution in [2.24, 2.45) is 0 Å². The number of aromatic nitrogens is 1. The monoisotopic (exact) mass is 283 g/mol. The SMILES string of the molecule is CCOC(=O)C(C)NC(=O)c1cc([N+](=O)[O-])c[nH]c1=O. The Bertz CT molecular complexity index is 594. The second-order valence-electron chi connectivity index (χ2n) is 3.80. The summed E-state index contributed by atoms with van der Waals surface area (Å²) in [5, 5.41) is 12.8. The zero-order valence-corrected chi connectivity index (χ0v) is 10.8. The number of aromatic amines is 1. The molecule has 1 aromatic rings. The van der Waals surface area contributed by atoms with Gasteiger partial charge in [0.15, 0.2) is 0 Å². The van der Waals surface area contributed by atoms with E-state index in [1.54, 1.807) is 6.92 Å². The Balaban J connectivity index is 2.92. The average molecular weight is 283 g/mol. The lowest BCUT2D eigenvalue weighted by Crippen LogP contribution is -2.41. The molecule has 0 spiro atoms. The number of ether oxygens (including phenoxy) is 1. The van der Waals surface area contributed by atoms with E-state index in [-0.39, 0.29) is 6.61 Å². The maximum Gasteiger partial charge on any atom is 0.328 e. The van der Waals surface area contributed by atoms with E-state index < -0.39 is 39.7 Å². The van der Waals surface area contributed by atoms with Crippen molar-refractivity contribution < 1.29 is 19.2 Å². The van der Waals surface area contributed by atoms with Crippen LogP contribution in [-0.4, -0.2) is 34.4 Å². The van der Waals surface area contributed by atoms with Crippen LogP contribution in [0.25, 0.3) is 0 Å². The van der Waals surface area contributed by atoms with Crippen LogP contribution in [0.3, 0.4) is 0 Å². The number of hydrogen-bond acceptors (Lipinski definition) is 6. The summed E-state index contributed by atoms with van der Waals surface area (Å²) in [6.45, 7) is 3.13. The fourth-order valence-electron chi connectivity index (χ4n) is 1.35. The molecular formula is C11H13N3O6. The van der Waals surface area contributed by atoms with Crippen LogP contribution >= 0.6 is 0 Å². The van der Waals surface area contributed by atoms with Crippen LogP contribution in [0.5, 0.6) is 0 Å². The number of pyridine rings is 1. The first kappa shape index (κ1) is 15.3. The summed E-state index contributed by atoms with van der Waals surface area (Å²) in [6, 6.07) is -0.132. The fraction of sp³-hybridized carbons (Fsp3) is 0.364. The minimum absolute atomic E-state index is 0.149. The first-order valence-corrected chi connectivity index (χ1v) is 5.71. The molecule has 0 aliphatic carbocycles. The lowest BCUT2D eigenvalue weighted by atomic mass is 10.2. The highest BCUT2D eigenvalue weighted by Crippen LogP contribution is 2.08. The van der Waals surface area contributed by atoms with E-state index in [2.05, 4.69) is 15.0 Å². The summed E-state index contributed by atoms with van der Waals surface area (Å²) < 4.78 is 4.68.